The normalized spacial score (nSPS) is 29.4. The van der Waals surface area contributed by atoms with Gasteiger partial charge in [-0.3, -0.25) is 37.7 Å². The molecule has 28 nitrogen and oxygen atoms in total. The van der Waals surface area contributed by atoms with Gasteiger partial charge >= 0.3 is 29.1 Å². The number of aryl methyl sites for hydroxylation is 1. The number of nitrogens with one attached hydrogen (secondary N) is 2. The number of rotatable bonds is 14. The molecule has 6 rings (SSSR count). The topological polar surface area (TPSA) is 396 Å². The molecular formula is C23H34N10O18P3+. The minimum atomic E-state index is -5.96. The van der Waals surface area contributed by atoms with Gasteiger partial charge in [0.15, 0.2) is 23.7 Å². The number of methoxy groups -OCH3 is 2. The Kier molecular flexibility index (Phi) is 11.0. The summed E-state index contributed by atoms with van der Waals surface area (Å²) in [5.74, 6) is -0.497. The molecule has 2 fully saturated rings. The zero-order valence-electron chi connectivity index (χ0n) is 27.9. The first-order valence-electron chi connectivity index (χ1n) is 15.2. The smallest absolute Gasteiger partial charge is 0.387 e. The number of hydrogen-bond donors (Lipinski definition) is 9. The van der Waals surface area contributed by atoms with E-state index in [0.29, 0.717) is 0 Å². The standard InChI is InChI=1S/C23H33N10O18P3/c1-31-7-33(17-11(31)19(37)30-23(25)28-17)20-13(35)14(44-2)9(49-20)5-47-53(40,41)51-54(42,43)50-52(38,39)46-4-8-12(34)15(45-3)21(48-8)32-6-26-10-16(32)27-22(24)29-18(10)36/h6-9,12-15,20-21,34-35H,4-5H2,1-3H3,(H8-,24,25,27,28,29,30,36,37,38,39,40,41,42,43)/p+1/t8?,9-,12-,13+,14-,15-,20?,21-/m1/s1. The molecule has 0 saturated carbocycles. The van der Waals surface area contributed by atoms with Crippen molar-refractivity contribution in [2.24, 2.45) is 7.05 Å². The number of aromatic amines is 2. The Bertz CT molecular complexity index is 2320. The average Bonchev–Trinajstić information content (AvgIpc) is 3.79. The van der Waals surface area contributed by atoms with Crippen molar-refractivity contribution in [2.45, 2.75) is 49.1 Å². The zero-order valence-corrected chi connectivity index (χ0v) is 30.6. The number of nitrogens with zero attached hydrogens (tertiary/aromatic N) is 6. The first-order valence-corrected chi connectivity index (χ1v) is 19.6. The van der Waals surface area contributed by atoms with Crippen LogP contribution in [0.1, 0.15) is 12.5 Å². The van der Waals surface area contributed by atoms with Crippen LogP contribution in [0.2, 0.25) is 0 Å². The first-order chi connectivity index (χ1) is 25.2. The fourth-order valence-corrected chi connectivity index (χ4v) is 9.47. The fraction of sp³-hybridized carbons (Fsp3) is 0.565. The molecule has 0 aliphatic carbocycles. The number of phosphoric acid groups is 3. The van der Waals surface area contributed by atoms with Gasteiger partial charge in [0.2, 0.25) is 17.7 Å². The Morgan fingerprint density at radius 1 is 0.870 bits per heavy atom. The fourth-order valence-electron chi connectivity index (χ4n) is 5.95. The maximum atomic E-state index is 12.7. The number of nitrogens with two attached hydrogens (primary N) is 2. The lowest BCUT2D eigenvalue weighted by molar-refractivity contribution is -0.745. The Morgan fingerprint density at radius 2 is 1.46 bits per heavy atom. The van der Waals surface area contributed by atoms with Crippen LogP contribution in [0, 0.1) is 0 Å². The molecule has 5 unspecified atom stereocenters. The van der Waals surface area contributed by atoms with E-state index < -0.39 is 96.9 Å². The molecule has 0 amide bonds. The maximum absolute atomic E-state index is 12.7. The highest BCUT2D eigenvalue weighted by molar-refractivity contribution is 7.66. The molecule has 4 aromatic rings. The number of nitrogen functional groups attached to an aromatic ring is 2. The molecule has 11 N–H and O–H groups in total. The molecule has 2 aliphatic rings. The van der Waals surface area contributed by atoms with Gasteiger partial charge in [0.05, 0.1) is 26.6 Å². The van der Waals surface area contributed by atoms with Crippen molar-refractivity contribution in [2.75, 3.05) is 38.9 Å². The lowest BCUT2D eigenvalue weighted by Crippen LogP contribution is -2.46. The van der Waals surface area contributed by atoms with Crippen LogP contribution in [-0.2, 0) is 57.4 Å². The van der Waals surface area contributed by atoms with E-state index in [1.165, 1.54) is 41.3 Å². The largest absolute Gasteiger partial charge is 0.490 e. The van der Waals surface area contributed by atoms with Crippen LogP contribution in [-0.4, -0.2) is 123 Å². The summed E-state index contributed by atoms with van der Waals surface area (Å²) >= 11 is 0. The van der Waals surface area contributed by atoms with Crippen molar-refractivity contribution < 1.29 is 79.8 Å². The molecule has 2 aliphatic heterocycles. The lowest BCUT2D eigenvalue weighted by Gasteiger charge is -2.21. The Labute approximate surface area is 299 Å². The highest BCUT2D eigenvalue weighted by Gasteiger charge is 2.51. The predicted octanol–water partition coefficient (Wildman–Crippen LogP) is -3.24. The zero-order chi connectivity index (χ0) is 39.5. The summed E-state index contributed by atoms with van der Waals surface area (Å²) < 4.78 is 81.4. The molecule has 11 atom stereocenters. The van der Waals surface area contributed by atoms with Crippen molar-refractivity contribution in [1.82, 2.24) is 34.1 Å². The number of fused-ring (bicyclic) bond motifs is 2. The van der Waals surface area contributed by atoms with E-state index in [-0.39, 0.29) is 34.2 Å². The molecule has 298 valence electrons. The van der Waals surface area contributed by atoms with Gasteiger partial charge in [-0.15, -0.1) is 0 Å². The summed E-state index contributed by atoms with van der Waals surface area (Å²) in [4.78, 5) is 71.6. The van der Waals surface area contributed by atoms with E-state index in [4.69, 9.17) is 39.5 Å². The van der Waals surface area contributed by atoms with Crippen LogP contribution in [0.4, 0.5) is 11.9 Å². The van der Waals surface area contributed by atoms with Gasteiger partial charge in [-0.05, 0) is 0 Å². The van der Waals surface area contributed by atoms with Gasteiger partial charge in [0.1, 0.15) is 36.6 Å². The monoisotopic (exact) mass is 831 g/mol. The third-order valence-corrected chi connectivity index (χ3v) is 12.4. The number of aliphatic hydroxyl groups is 2. The lowest BCUT2D eigenvalue weighted by atomic mass is 10.1. The second-order valence-electron chi connectivity index (χ2n) is 11.7. The van der Waals surface area contributed by atoms with Crippen molar-refractivity contribution in [1.29, 1.82) is 0 Å². The van der Waals surface area contributed by atoms with E-state index in [1.807, 2.05) is 0 Å². The van der Waals surface area contributed by atoms with Crippen molar-refractivity contribution >= 4 is 57.7 Å². The molecule has 2 saturated heterocycles. The molecule has 4 aromatic heterocycles. The minimum absolute atomic E-state index is 0.00395. The average molecular weight is 831 g/mol. The molecule has 31 heteroatoms. The quantitative estimate of drug-likeness (QED) is 0.0445. The maximum Gasteiger partial charge on any atom is 0.490 e. The van der Waals surface area contributed by atoms with E-state index in [0.717, 1.165) is 6.33 Å². The van der Waals surface area contributed by atoms with Gasteiger partial charge in [-0.1, -0.05) is 4.98 Å². The molecule has 0 aromatic carbocycles. The second kappa shape index (κ2) is 14.8. The van der Waals surface area contributed by atoms with Crippen LogP contribution in [0.3, 0.4) is 0 Å². The molecule has 6 heterocycles. The highest BCUT2D eigenvalue weighted by atomic mass is 31.3. The molecule has 0 spiro atoms. The van der Waals surface area contributed by atoms with Crippen LogP contribution >= 0.6 is 23.5 Å². The SMILES string of the molecule is CO[C@@H]1[C@H](O)C(COP(=O)(O)OP(=O)(O)OP(=O)(O)OC[C@H]2OC([n+]3cn(C)c4c(=O)[nH]c(N)nc43)[C@@H](O)[C@@H]2OC)O[C@H]1n1cnc2c(=O)[nH]c(N)nc21. The summed E-state index contributed by atoms with van der Waals surface area (Å²) in [6, 6.07) is 0. The van der Waals surface area contributed by atoms with Gasteiger partial charge in [-0.25, -0.2) is 23.2 Å². The van der Waals surface area contributed by atoms with Gasteiger partial charge < -0.3 is 55.3 Å². The summed E-state index contributed by atoms with van der Waals surface area (Å²) in [6.45, 7) is -1.93. The van der Waals surface area contributed by atoms with Gasteiger partial charge in [-0.2, -0.15) is 13.6 Å². The molecule has 0 radical (unpaired) electrons. The Morgan fingerprint density at radius 3 is 2.09 bits per heavy atom. The van der Waals surface area contributed by atoms with Crippen LogP contribution in [0.15, 0.2) is 22.2 Å². The summed E-state index contributed by atoms with van der Waals surface area (Å²) in [7, 11) is -13.4. The summed E-state index contributed by atoms with van der Waals surface area (Å²) in [5, 5.41) is 21.7. The van der Waals surface area contributed by atoms with Crippen LogP contribution in [0.5, 0.6) is 0 Å². The van der Waals surface area contributed by atoms with Crippen LogP contribution in [0.25, 0.3) is 22.3 Å². The Balaban J connectivity index is 1.07. The number of imidazole rings is 2. The van der Waals surface area contributed by atoms with Gasteiger partial charge in [0.25, 0.3) is 17.1 Å². The van der Waals surface area contributed by atoms with E-state index in [1.54, 1.807) is 0 Å². The predicted molar refractivity (Wildman–Crippen MR) is 173 cm³/mol. The third-order valence-electron chi connectivity index (χ3n) is 8.17. The number of ether oxygens (including phenoxy) is 4. The van der Waals surface area contributed by atoms with Crippen molar-refractivity contribution in [3.05, 3.63) is 33.4 Å². The first kappa shape index (κ1) is 40.1. The molecule has 54 heavy (non-hydrogen) atoms. The summed E-state index contributed by atoms with van der Waals surface area (Å²) in [5.41, 5.74) is 9.89. The number of aliphatic hydroxyl groups excluding tert-OH is 2. The number of anilines is 2. The minimum Gasteiger partial charge on any atom is -0.387 e. The molecular weight excluding hydrogens is 797 g/mol. The van der Waals surface area contributed by atoms with E-state index >= 15 is 0 Å². The van der Waals surface area contributed by atoms with E-state index in [9.17, 15) is 48.2 Å². The highest BCUT2D eigenvalue weighted by Crippen LogP contribution is 2.67. The number of hydrogen-bond acceptors (Lipinski definition) is 20. The van der Waals surface area contributed by atoms with Crippen molar-refractivity contribution in [3.8, 4) is 0 Å². The second-order valence-corrected chi connectivity index (χ2v) is 16.3. The Hall–Kier alpha value is -3.53. The number of H-pyrrole nitrogens is 2. The van der Waals surface area contributed by atoms with Crippen molar-refractivity contribution in [3.63, 3.8) is 0 Å². The van der Waals surface area contributed by atoms with Gasteiger partial charge in [0, 0.05) is 14.2 Å². The third kappa shape index (κ3) is 7.92. The van der Waals surface area contributed by atoms with Crippen LogP contribution < -0.4 is 27.2 Å². The summed E-state index contributed by atoms with van der Waals surface area (Å²) in [6.07, 6.45) is -8.44. The number of phosphoric ester groups is 2. The number of aromatic nitrogens is 8. The van der Waals surface area contributed by atoms with E-state index in [2.05, 4.69) is 33.5 Å². The molecule has 0 bridgehead atoms.